The maximum absolute atomic E-state index is 10.7. The predicted octanol–water partition coefficient (Wildman–Crippen LogP) is 0.399. The largest absolute Gasteiger partial charge is 0.370 e. The van der Waals surface area contributed by atoms with Gasteiger partial charge in [-0.15, -0.1) is 0 Å². The number of hydrogen-bond acceptors (Lipinski definition) is 2. The topological polar surface area (TPSA) is 86.2 Å². The van der Waals surface area contributed by atoms with E-state index in [0.717, 1.165) is 6.42 Å². The van der Waals surface area contributed by atoms with Crippen molar-refractivity contribution in [1.29, 1.82) is 0 Å². The smallest absolute Gasteiger partial charge is 0.217 e. The second-order valence-electron chi connectivity index (χ2n) is 4.79. The summed E-state index contributed by atoms with van der Waals surface area (Å²) in [5.41, 5.74) is 10.3. The molecule has 0 radical (unpaired) electrons. The van der Waals surface area contributed by atoms with Crippen LogP contribution in [0.3, 0.4) is 0 Å². The molecular weight excluding hydrogens is 180 g/mol. The average molecular weight is 198 g/mol. The van der Waals surface area contributed by atoms with Crippen LogP contribution in [0.25, 0.3) is 0 Å². The fraction of sp³-hybridized carbons (Fsp3) is 0.800. The Bertz CT molecular complexity index is 237. The monoisotopic (exact) mass is 198 g/mol. The SMILES string of the molecule is CC1(C)C(CC(N)=O)CC1CC(N)=O. The van der Waals surface area contributed by atoms with Crippen LogP contribution in [-0.2, 0) is 9.59 Å². The molecule has 80 valence electrons. The molecule has 0 aromatic rings. The van der Waals surface area contributed by atoms with Crippen LogP contribution >= 0.6 is 0 Å². The number of hydrogen-bond donors (Lipinski definition) is 2. The fourth-order valence-corrected chi connectivity index (χ4v) is 2.30. The van der Waals surface area contributed by atoms with E-state index >= 15 is 0 Å². The highest BCUT2D eigenvalue weighted by atomic mass is 16.1. The molecule has 1 fully saturated rings. The van der Waals surface area contributed by atoms with E-state index in [1.165, 1.54) is 0 Å². The van der Waals surface area contributed by atoms with Crippen LogP contribution in [0.15, 0.2) is 0 Å². The summed E-state index contributed by atoms with van der Waals surface area (Å²) >= 11 is 0. The lowest BCUT2D eigenvalue weighted by molar-refractivity contribution is -0.128. The van der Waals surface area contributed by atoms with Crippen molar-refractivity contribution in [1.82, 2.24) is 0 Å². The number of amides is 2. The van der Waals surface area contributed by atoms with Gasteiger partial charge in [-0.05, 0) is 23.7 Å². The lowest BCUT2D eigenvalue weighted by atomic mass is 9.53. The Labute approximate surface area is 84.0 Å². The minimum Gasteiger partial charge on any atom is -0.370 e. The summed E-state index contributed by atoms with van der Waals surface area (Å²) in [5, 5.41) is 0. The van der Waals surface area contributed by atoms with Crippen molar-refractivity contribution in [3.05, 3.63) is 0 Å². The van der Waals surface area contributed by atoms with E-state index in [4.69, 9.17) is 11.5 Å². The third-order valence-electron chi connectivity index (χ3n) is 3.57. The van der Waals surface area contributed by atoms with Gasteiger partial charge in [0.25, 0.3) is 0 Å². The number of primary amides is 2. The van der Waals surface area contributed by atoms with Crippen LogP contribution in [0.5, 0.6) is 0 Å². The van der Waals surface area contributed by atoms with Crippen LogP contribution < -0.4 is 11.5 Å². The molecule has 0 heterocycles. The number of carbonyl (C=O) groups excluding carboxylic acids is 2. The van der Waals surface area contributed by atoms with Crippen LogP contribution in [0, 0.1) is 17.3 Å². The molecule has 0 saturated heterocycles. The Morgan fingerprint density at radius 2 is 1.50 bits per heavy atom. The van der Waals surface area contributed by atoms with Gasteiger partial charge in [-0.2, -0.15) is 0 Å². The van der Waals surface area contributed by atoms with E-state index in [1.54, 1.807) is 0 Å². The molecule has 1 rings (SSSR count). The molecule has 2 atom stereocenters. The second-order valence-corrected chi connectivity index (χ2v) is 4.79. The van der Waals surface area contributed by atoms with E-state index in [2.05, 4.69) is 13.8 Å². The Kier molecular flexibility index (Phi) is 2.83. The molecule has 0 bridgehead atoms. The molecule has 14 heavy (non-hydrogen) atoms. The summed E-state index contributed by atoms with van der Waals surface area (Å²) in [6.45, 7) is 4.13. The normalized spacial score (nSPS) is 29.3. The van der Waals surface area contributed by atoms with E-state index in [9.17, 15) is 9.59 Å². The second kappa shape index (κ2) is 3.59. The van der Waals surface area contributed by atoms with Gasteiger partial charge in [0.05, 0.1) is 0 Å². The fourth-order valence-electron chi connectivity index (χ4n) is 2.30. The Morgan fingerprint density at radius 3 is 1.71 bits per heavy atom. The summed E-state index contributed by atoms with van der Waals surface area (Å²) in [4.78, 5) is 21.5. The minimum absolute atomic E-state index is 0.0179. The maximum Gasteiger partial charge on any atom is 0.217 e. The van der Waals surface area contributed by atoms with Crippen molar-refractivity contribution in [2.45, 2.75) is 33.1 Å². The molecule has 4 heteroatoms. The molecule has 4 nitrogen and oxygen atoms in total. The molecule has 1 aliphatic carbocycles. The van der Waals surface area contributed by atoms with Crippen LogP contribution in [0.2, 0.25) is 0 Å². The first-order chi connectivity index (χ1) is 6.34. The zero-order chi connectivity index (χ0) is 10.9. The van der Waals surface area contributed by atoms with Gasteiger partial charge in [0.15, 0.2) is 0 Å². The predicted molar refractivity (Wildman–Crippen MR) is 53.0 cm³/mol. The molecule has 1 aliphatic rings. The maximum atomic E-state index is 10.7. The Hall–Kier alpha value is -1.06. The van der Waals surface area contributed by atoms with Crippen LogP contribution in [0.1, 0.15) is 33.1 Å². The van der Waals surface area contributed by atoms with Crippen molar-refractivity contribution in [2.75, 3.05) is 0 Å². The highest BCUT2D eigenvalue weighted by Crippen LogP contribution is 2.54. The molecule has 2 unspecified atom stereocenters. The zero-order valence-corrected chi connectivity index (χ0v) is 8.75. The quantitative estimate of drug-likeness (QED) is 0.685. The Morgan fingerprint density at radius 1 is 1.14 bits per heavy atom. The Balaban J connectivity index is 2.50. The molecular formula is C10H18N2O2. The summed E-state index contributed by atoms with van der Waals surface area (Å²) in [6, 6.07) is 0. The van der Waals surface area contributed by atoms with Crippen molar-refractivity contribution >= 4 is 11.8 Å². The van der Waals surface area contributed by atoms with Crippen LogP contribution in [-0.4, -0.2) is 11.8 Å². The minimum atomic E-state index is -0.263. The number of rotatable bonds is 4. The third kappa shape index (κ3) is 2.05. The van der Waals surface area contributed by atoms with E-state index in [1.807, 2.05) is 0 Å². The van der Waals surface area contributed by atoms with Gasteiger partial charge in [0, 0.05) is 12.8 Å². The van der Waals surface area contributed by atoms with E-state index in [0.29, 0.717) is 24.7 Å². The zero-order valence-electron chi connectivity index (χ0n) is 8.75. The van der Waals surface area contributed by atoms with E-state index < -0.39 is 0 Å². The first-order valence-electron chi connectivity index (χ1n) is 4.90. The van der Waals surface area contributed by atoms with Gasteiger partial charge >= 0.3 is 0 Å². The molecule has 2 amide bonds. The highest BCUT2D eigenvalue weighted by Gasteiger charge is 2.48. The third-order valence-corrected chi connectivity index (χ3v) is 3.57. The molecule has 4 N–H and O–H groups in total. The molecule has 0 aromatic carbocycles. The van der Waals surface area contributed by atoms with Crippen molar-refractivity contribution < 1.29 is 9.59 Å². The summed E-state index contributed by atoms with van der Waals surface area (Å²) in [5.74, 6) is 0.0925. The number of nitrogens with two attached hydrogens (primary N) is 2. The van der Waals surface area contributed by atoms with Gasteiger partial charge in [-0.3, -0.25) is 9.59 Å². The van der Waals surface area contributed by atoms with Crippen molar-refractivity contribution in [2.24, 2.45) is 28.7 Å². The van der Waals surface area contributed by atoms with Crippen molar-refractivity contribution in [3.63, 3.8) is 0 Å². The highest BCUT2D eigenvalue weighted by molar-refractivity contribution is 5.75. The molecule has 0 aliphatic heterocycles. The summed E-state index contributed by atoms with van der Waals surface area (Å²) in [7, 11) is 0. The lowest BCUT2D eigenvalue weighted by Crippen LogP contribution is -2.47. The summed E-state index contributed by atoms with van der Waals surface area (Å²) in [6.07, 6.45) is 1.73. The van der Waals surface area contributed by atoms with Gasteiger partial charge in [-0.25, -0.2) is 0 Å². The van der Waals surface area contributed by atoms with Gasteiger partial charge in [0.1, 0.15) is 0 Å². The molecule has 0 spiro atoms. The van der Waals surface area contributed by atoms with Gasteiger partial charge in [0.2, 0.25) is 11.8 Å². The molecule has 1 saturated carbocycles. The average Bonchev–Trinajstić information content (AvgIpc) is 2.01. The lowest BCUT2D eigenvalue weighted by Gasteiger charge is -2.52. The molecule has 0 aromatic heterocycles. The summed E-state index contributed by atoms with van der Waals surface area (Å²) < 4.78 is 0. The first kappa shape index (κ1) is 11.0. The standard InChI is InChI=1S/C10H18N2O2/c1-10(2)6(4-8(11)13)3-7(10)5-9(12)14/h6-7H,3-5H2,1-2H3,(H2,11,13)(H2,12,14). The van der Waals surface area contributed by atoms with Gasteiger partial charge in [-0.1, -0.05) is 13.8 Å². The van der Waals surface area contributed by atoms with Crippen LogP contribution in [0.4, 0.5) is 0 Å². The van der Waals surface area contributed by atoms with Crippen molar-refractivity contribution in [3.8, 4) is 0 Å². The van der Waals surface area contributed by atoms with Gasteiger partial charge < -0.3 is 11.5 Å². The first-order valence-corrected chi connectivity index (χ1v) is 4.90. The number of carbonyl (C=O) groups is 2. The van der Waals surface area contributed by atoms with E-state index in [-0.39, 0.29) is 17.2 Å².